The van der Waals surface area contributed by atoms with Crippen LogP contribution in [-0.2, 0) is 52.1 Å². The second-order valence-corrected chi connectivity index (χ2v) is 6.62. The highest BCUT2D eigenvalue weighted by atomic mass is 16.6. The smallest absolute Gasteiger partial charge is 0.0701 e. The Kier molecular flexibility index (Phi) is 32.1. The maximum Gasteiger partial charge on any atom is 0.0701 e. The number of hydrogen-bond donors (Lipinski definition) is 0. The Hall–Kier alpha value is -0.440. The van der Waals surface area contributed by atoms with Gasteiger partial charge in [0.05, 0.1) is 132 Å². The van der Waals surface area contributed by atoms with Crippen molar-refractivity contribution in [3.63, 3.8) is 0 Å². The van der Waals surface area contributed by atoms with Gasteiger partial charge in [0.25, 0.3) is 0 Å². The van der Waals surface area contributed by atoms with Crippen LogP contribution >= 0.6 is 0 Å². The lowest BCUT2D eigenvalue weighted by Gasteiger charge is -2.09. The van der Waals surface area contributed by atoms with E-state index in [1.165, 1.54) is 0 Å². The summed E-state index contributed by atoms with van der Waals surface area (Å²) in [6, 6.07) is 0. The molecule has 0 atom stereocenters. The summed E-state index contributed by atoms with van der Waals surface area (Å²) in [4.78, 5) is 0. The molecule has 0 saturated heterocycles. The third kappa shape index (κ3) is 31.6. The van der Waals surface area contributed by atoms with Crippen LogP contribution < -0.4 is 0 Å². The number of methoxy groups -OCH3 is 1. The summed E-state index contributed by atoms with van der Waals surface area (Å²) in [5.74, 6) is 0. The van der Waals surface area contributed by atoms with Crippen molar-refractivity contribution in [2.24, 2.45) is 0 Å². The van der Waals surface area contributed by atoms with Crippen molar-refractivity contribution in [2.45, 2.75) is 0 Å². The van der Waals surface area contributed by atoms with E-state index in [0.717, 1.165) is 0 Å². The minimum absolute atomic E-state index is 0.464. The summed E-state index contributed by atoms with van der Waals surface area (Å²) in [5, 5.41) is 0. The van der Waals surface area contributed by atoms with E-state index in [1.54, 1.807) is 7.11 Å². The predicted molar refractivity (Wildman–Crippen MR) is 125 cm³/mol. The fourth-order valence-corrected chi connectivity index (χ4v) is 2.22. The molecule has 0 N–H and O–H groups in total. The molecule has 0 aromatic rings. The molecule has 1 radical (unpaired) electrons. The van der Waals surface area contributed by atoms with Crippen LogP contribution in [0.4, 0.5) is 0 Å². The van der Waals surface area contributed by atoms with Gasteiger partial charge in [-0.25, -0.2) is 0 Å². The van der Waals surface area contributed by atoms with Crippen LogP contribution in [0.5, 0.6) is 0 Å². The lowest BCUT2D eigenvalue weighted by molar-refractivity contribution is -0.0268. The Balaban J connectivity index is 2.99. The zero-order valence-corrected chi connectivity index (χ0v) is 21.0. The molecule has 0 spiro atoms. The molecule has 0 aliphatic heterocycles. The molecule has 0 aromatic heterocycles. The average molecular weight is 500 g/mol. The fraction of sp³-hybridized carbons (Fsp3) is 0.957. The first-order valence-corrected chi connectivity index (χ1v) is 12.0. The van der Waals surface area contributed by atoms with Crippen molar-refractivity contribution in [3.05, 3.63) is 6.92 Å². The van der Waals surface area contributed by atoms with Gasteiger partial charge in [-0.3, -0.25) is 0 Å². The van der Waals surface area contributed by atoms with Gasteiger partial charge in [-0.15, -0.1) is 0 Å². The second-order valence-electron chi connectivity index (χ2n) is 6.62. The summed E-state index contributed by atoms with van der Waals surface area (Å²) in [6.45, 7) is 14.9. The SMILES string of the molecule is [CH2]COCCOCCOCCOCCOCCOCCOCCOCCOCCOCCOC. The van der Waals surface area contributed by atoms with Crippen molar-refractivity contribution in [1.82, 2.24) is 0 Å². The van der Waals surface area contributed by atoms with Gasteiger partial charge >= 0.3 is 0 Å². The molecule has 0 bridgehead atoms. The average Bonchev–Trinajstić information content (AvgIpc) is 2.85. The maximum atomic E-state index is 5.44. The van der Waals surface area contributed by atoms with Crippen LogP contribution in [0.2, 0.25) is 0 Å². The Bertz CT molecular complexity index is 319. The molecule has 11 nitrogen and oxygen atoms in total. The quantitative estimate of drug-likeness (QED) is 0.126. The summed E-state index contributed by atoms with van der Waals surface area (Å²) < 4.78 is 58.5. The van der Waals surface area contributed by atoms with Crippen LogP contribution in [-0.4, -0.2) is 146 Å². The molecule has 0 unspecified atom stereocenters. The van der Waals surface area contributed by atoms with Gasteiger partial charge in [-0.05, 0) is 6.92 Å². The van der Waals surface area contributed by atoms with Crippen LogP contribution in [0.1, 0.15) is 0 Å². The molecule has 205 valence electrons. The van der Waals surface area contributed by atoms with Crippen molar-refractivity contribution in [3.8, 4) is 0 Å². The molecule has 34 heavy (non-hydrogen) atoms. The zero-order chi connectivity index (χ0) is 24.6. The van der Waals surface area contributed by atoms with E-state index in [9.17, 15) is 0 Å². The van der Waals surface area contributed by atoms with Crippen LogP contribution in [0.25, 0.3) is 0 Å². The minimum atomic E-state index is 0.464. The third-order valence-electron chi connectivity index (χ3n) is 3.92. The lowest BCUT2D eigenvalue weighted by Crippen LogP contribution is -2.15. The summed E-state index contributed by atoms with van der Waals surface area (Å²) in [5.41, 5.74) is 0. The molecule has 11 heteroatoms. The Morgan fingerprint density at radius 3 is 0.647 bits per heavy atom. The first kappa shape index (κ1) is 33.6. The highest BCUT2D eigenvalue weighted by Gasteiger charge is 1.95. The predicted octanol–water partition coefficient (Wildman–Crippen LogP) is 0.633. The number of hydrogen-bond acceptors (Lipinski definition) is 11. The molecule has 0 saturated carbocycles. The Morgan fingerprint density at radius 2 is 0.471 bits per heavy atom. The van der Waals surface area contributed by atoms with Crippen molar-refractivity contribution >= 4 is 0 Å². The van der Waals surface area contributed by atoms with E-state index in [2.05, 4.69) is 6.92 Å². The first-order valence-electron chi connectivity index (χ1n) is 12.0. The normalized spacial score (nSPS) is 11.5. The van der Waals surface area contributed by atoms with E-state index in [4.69, 9.17) is 52.1 Å². The number of ether oxygens (including phenoxy) is 11. The van der Waals surface area contributed by atoms with E-state index < -0.39 is 0 Å². The molecule has 0 amide bonds. The molecular formula is C23H47O11. The molecule has 0 aliphatic carbocycles. The van der Waals surface area contributed by atoms with Gasteiger partial charge in [0, 0.05) is 13.7 Å². The van der Waals surface area contributed by atoms with Crippen molar-refractivity contribution in [1.29, 1.82) is 0 Å². The minimum Gasteiger partial charge on any atom is -0.382 e. The van der Waals surface area contributed by atoms with Crippen molar-refractivity contribution in [2.75, 3.05) is 146 Å². The van der Waals surface area contributed by atoms with E-state index >= 15 is 0 Å². The van der Waals surface area contributed by atoms with Crippen LogP contribution in [0.3, 0.4) is 0 Å². The van der Waals surface area contributed by atoms with Gasteiger partial charge in [-0.2, -0.15) is 0 Å². The highest BCUT2D eigenvalue weighted by molar-refractivity contribution is 4.38. The number of rotatable bonds is 31. The van der Waals surface area contributed by atoms with E-state index in [0.29, 0.717) is 139 Å². The van der Waals surface area contributed by atoms with Gasteiger partial charge in [0.1, 0.15) is 0 Å². The molecule has 0 aliphatic rings. The zero-order valence-electron chi connectivity index (χ0n) is 21.0. The van der Waals surface area contributed by atoms with E-state index in [1.807, 2.05) is 0 Å². The summed E-state index contributed by atoms with van der Waals surface area (Å²) in [6.07, 6.45) is 0. The van der Waals surface area contributed by atoms with E-state index in [-0.39, 0.29) is 0 Å². The Labute approximate surface area is 205 Å². The third-order valence-corrected chi connectivity index (χ3v) is 3.92. The topological polar surface area (TPSA) is 102 Å². The standard InChI is InChI=1S/C23H47O11/c1-3-25-6-7-27-10-11-29-14-15-31-18-19-33-22-23-34-21-20-32-17-16-30-13-12-28-9-8-26-5-4-24-2/h1,3-23H2,2H3. The van der Waals surface area contributed by atoms with Gasteiger partial charge in [-0.1, -0.05) is 0 Å². The second kappa shape index (κ2) is 32.6. The maximum absolute atomic E-state index is 5.44. The van der Waals surface area contributed by atoms with Gasteiger partial charge < -0.3 is 52.1 Å². The summed E-state index contributed by atoms with van der Waals surface area (Å²) in [7, 11) is 1.65. The highest BCUT2D eigenvalue weighted by Crippen LogP contribution is 1.86. The van der Waals surface area contributed by atoms with Gasteiger partial charge in [0.15, 0.2) is 0 Å². The molecule has 0 rings (SSSR count). The van der Waals surface area contributed by atoms with Gasteiger partial charge in [0.2, 0.25) is 0 Å². The summed E-state index contributed by atoms with van der Waals surface area (Å²) >= 11 is 0. The Morgan fingerprint density at radius 1 is 0.294 bits per heavy atom. The molecule has 0 fully saturated rings. The largest absolute Gasteiger partial charge is 0.382 e. The molecule has 0 aromatic carbocycles. The monoisotopic (exact) mass is 499 g/mol. The van der Waals surface area contributed by atoms with Crippen LogP contribution in [0, 0.1) is 6.92 Å². The van der Waals surface area contributed by atoms with Crippen LogP contribution in [0.15, 0.2) is 0 Å². The first-order chi connectivity index (χ1) is 16.9. The lowest BCUT2D eigenvalue weighted by atomic mass is 10.6. The molecular weight excluding hydrogens is 452 g/mol. The fourth-order valence-electron chi connectivity index (χ4n) is 2.22. The molecule has 0 heterocycles. The van der Waals surface area contributed by atoms with Crippen molar-refractivity contribution < 1.29 is 52.1 Å².